The molecule has 0 aliphatic heterocycles. The summed E-state index contributed by atoms with van der Waals surface area (Å²) in [5, 5.41) is 5.71. The van der Waals surface area contributed by atoms with Crippen molar-refractivity contribution < 1.29 is 9.59 Å². The number of nitrogens with one attached hydrogen (secondary N) is 2. The van der Waals surface area contributed by atoms with E-state index in [9.17, 15) is 9.59 Å². The Kier molecular flexibility index (Phi) is 5.66. The summed E-state index contributed by atoms with van der Waals surface area (Å²) in [6.45, 7) is 0.675. The van der Waals surface area contributed by atoms with Crippen LogP contribution < -0.4 is 22.1 Å². The van der Waals surface area contributed by atoms with E-state index in [-0.39, 0.29) is 11.8 Å². The molecule has 19 heavy (non-hydrogen) atoms. The van der Waals surface area contributed by atoms with Gasteiger partial charge in [0, 0.05) is 25.6 Å². The molecule has 1 aromatic carbocycles. The highest BCUT2D eigenvalue weighted by molar-refractivity contribution is 5.96. The summed E-state index contributed by atoms with van der Waals surface area (Å²) >= 11 is 0. The summed E-state index contributed by atoms with van der Waals surface area (Å²) in [6.07, 6.45) is 1.93. The Labute approximate surface area is 112 Å². The number of nitrogens with two attached hydrogens (primary N) is 2. The maximum Gasteiger partial charge on any atom is 0.251 e. The number of rotatable bonds is 7. The fraction of sp³-hybridized carbons (Fsp3) is 0.385. The van der Waals surface area contributed by atoms with Gasteiger partial charge in [-0.1, -0.05) is 0 Å². The number of amides is 2. The summed E-state index contributed by atoms with van der Waals surface area (Å²) in [4.78, 5) is 22.1. The summed E-state index contributed by atoms with van der Waals surface area (Å²) < 4.78 is 0. The average molecular weight is 264 g/mol. The van der Waals surface area contributed by atoms with Crippen molar-refractivity contribution in [1.29, 1.82) is 0 Å². The van der Waals surface area contributed by atoms with Crippen LogP contribution in [0.5, 0.6) is 0 Å². The van der Waals surface area contributed by atoms with E-state index in [0.717, 1.165) is 18.5 Å². The number of hydrogen-bond acceptors (Lipinski definition) is 4. The van der Waals surface area contributed by atoms with Gasteiger partial charge in [0.2, 0.25) is 5.91 Å². The zero-order valence-electron chi connectivity index (χ0n) is 11.0. The van der Waals surface area contributed by atoms with Gasteiger partial charge in [-0.15, -0.1) is 0 Å². The highest BCUT2D eigenvalue weighted by Crippen LogP contribution is 2.20. The SMILES string of the molecule is CNC(=O)c1ccc(N)c(NCCCCC(N)=O)c1. The lowest BCUT2D eigenvalue weighted by Crippen LogP contribution is -2.18. The Hall–Kier alpha value is -2.24. The van der Waals surface area contributed by atoms with Gasteiger partial charge in [0.05, 0.1) is 11.4 Å². The van der Waals surface area contributed by atoms with Gasteiger partial charge in [-0.3, -0.25) is 9.59 Å². The summed E-state index contributed by atoms with van der Waals surface area (Å²) in [7, 11) is 1.58. The van der Waals surface area contributed by atoms with Gasteiger partial charge in [-0.2, -0.15) is 0 Å². The van der Waals surface area contributed by atoms with E-state index in [1.807, 2.05) is 0 Å². The van der Waals surface area contributed by atoms with Gasteiger partial charge < -0.3 is 22.1 Å². The minimum atomic E-state index is -0.291. The van der Waals surface area contributed by atoms with E-state index in [4.69, 9.17) is 11.5 Å². The molecule has 0 spiro atoms. The van der Waals surface area contributed by atoms with Crippen LogP contribution in [0.3, 0.4) is 0 Å². The molecule has 0 aromatic heterocycles. The molecule has 6 N–H and O–H groups in total. The van der Waals surface area contributed by atoms with E-state index in [1.165, 1.54) is 0 Å². The molecule has 0 saturated heterocycles. The largest absolute Gasteiger partial charge is 0.397 e. The fourth-order valence-electron chi connectivity index (χ4n) is 1.64. The highest BCUT2D eigenvalue weighted by Gasteiger charge is 2.06. The molecule has 0 saturated carbocycles. The monoisotopic (exact) mass is 264 g/mol. The molecule has 0 heterocycles. The molecular weight excluding hydrogens is 244 g/mol. The first-order valence-corrected chi connectivity index (χ1v) is 6.18. The third-order valence-electron chi connectivity index (χ3n) is 2.71. The lowest BCUT2D eigenvalue weighted by atomic mass is 10.1. The number of carbonyl (C=O) groups is 2. The molecule has 0 unspecified atom stereocenters. The first kappa shape index (κ1) is 14.8. The standard InChI is InChI=1S/C13H20N4O2/c1-16-13(19)9-5-6-10(14)11(8-9)17-7-3-2-4-12(15)18/h5-6,8,17H,2-4,7,14H2,1H3,(H2,15,18)(H,16,19). The van der Waals surface area contributed by atoms with Crippen molar-refractivity contribution in [3.8, 4) is 0 Å². The second-order valence-electron chi connectivity index (χ2n) is 4.23. The number of nitrogen functional groups attached to an aromatic ring is 1. The first-order chi connectivity index (χ1) is 9.04. The smallest absolute Gasteiger partial charge is 0.251 e. The maximum atomic E-state index is 11.5. The fourth-order valence-corrected chi connectivity index (χ4v) is 1.64. The normalized spacial score (nSPS) is 9.95. The Balaban J connectivity index is 2.52. The summed E-state index contributed by atoms with van der Waals surface area (Å²) in [5.41, 5.74) is 12.7. The molecule has 6 heteroatoms. The van der Waals surface area contributed by atoms with E-state index in [0.29, 0.717) is 24.2 Å². The van der Waals surface area contributed by atoms with Crippen LogP contribution in [0.4, 0.5) is 11.4 Å². The number of unbranched alkanes of at least 4 members (excludes halogenated alkanes) is 1. The Bertz CT molecular complexity index is 460. The molecule has 0 atom stereocenters. The van der Waals surface area contributed by atoms with Crippen LogP contribution in [-0.2, 0) is 4.79 Å². The molecule has 104 valence electrons. The summed E-state index contributed by atoms with van der Waals surface area (Å²) in [6, 6.07) is 5.07. The number of anilines is 2. The number of hydrogen-bond donors (Lipinski definition) is 4. The quantitative estimate of drug-likeness (QED) is 0.429. The third-order valence-corrected chi connectivity index (χ3v) is 2.71. The minimum absolute atomic E-state index is 0.156. The molecule has 6 nitrogen and oxygen atoms in total. The molecule has 1 rings (SSSR count). The predicted octanol–water partition coefficient (Wildman–Crippen LogP) is 0.696. The molecule has 0 radical (unpaired) electrons. The number of carbonyl (C=O) groups excluding carboxylic acids is 2. The predicted molar refractivity (Wildman–Crippen MR) is 75.8 cm³/mol. The second-order valence-corrected chi connectivity index (χ2v) is 4.23. The van der Waals surface area contributed by atoms with Gasteiger partial charge in [0.1, 0.15) is 0 Å². The minimum Gasteiger partial charge on any atom is -0.397 e. The molecule has 1 aromatic rings. The van der Waals surface area contributed by atoms with Gasteiger partial charge in [-0.25, -0.2) is 0 Å². The van der Waals surface area contributed by atoms with Crippen LogP contribution in [0.1, 0.15) is 29.6 Å². The Morgan fingerprint density at radius 1 is 1.26 bits per heavy atom. The summed E-state index contributed by atoms with van der Waals surface area (Å²) in [5.74, 6) is -0.446. The van der Waals surface area contributed by atoms with Crippen LogP contribution in [0, 0.1) is 0 Å². The van der Waals surface area contributed by atoms with E-state index in [1.54, 1.807) is 25.2 Å². The van der Waals surface area contributed by atoms with E-state index >= 15 is 0 Å². The number of benzene rings is 1. The van der Waals surface area contributed by atoms with Crippen molar-refractivity contribution in [2.75, 3.05) is 24.6 Å². The molecule has 0 aliphatic carbocycles. The van der Waals surface area contributed by atoms with Gasteiger partial charge in [0.15, 0.2) is 0 Å². The van der Waals surface area contributed by atoms with Crippen LogP contribution in [0.25, 0.3) is 0 Å². The van der Waals surface area contributed by atoms with Crippen molar-refractivity contribution in [3.05, 3.63) is 23.8 Å². The van der Waals surface area contributed by atoms with Crippen LogP contribution in [0.15, 0.2) is 18.2 Å². The van der Waals surface area contributed by atoms with Crippen molar-refractivity contribution in [1.82, 2.24) is 5.32 Å². The van der Waals surface area contributed by atoms with Crippen molar-refractivity contribution >= 4 is 23.2 Å². The van der Waals surface area contributed by atoms with Gasteiger partial charge in [0.25, 0.3) is 5.91 Å². The number of primary amides is 1. The third kappa shape index (κ3) is 4.87. The molecule has 0 bridgehead atoms. The lowest BCUT2D eigenvalue weighted by molar-refractivity contribution is -0.118. The second kappa shape index (κ2) is 7.25. The first-order valence-electron chi connectivity index (χ1n) is 6.18. The molecule has 2 amide bonds. The van der Waals surface area contributed by atoms with Crippen LogP contribution >= 0.6 is 0 Å². The molecular formula is C13H20N4O2. The van der Waals surface area contributed by atoms with Crippen LogP contribution in [-0.4, -0.2) is 25.4 Å². The zero-order chi connectivity index (χ0) is 14.3. The van der Waals surface area contributed by atoms with Gasteiger partial charge >= 0.3 is 0 Å². The maximum absolute atomic E-state index is 11.5. The Morgan fingerprint density at radius 3 is 2.63 bits per heavy atom. The average Bonchev–Trinajstić information content (AvgIpc) is 2.39. The topological polar surface area (TPSA) is 110 Å². The van der Waals surface area contributed by atoms with E-state index in [2.05, 4.69) is 10.6 Å². The Morgan fingerprint density at radius 2 is 2.00 bits per heavy atom. The molecule has 0 fully saturated rings. The lowest BCUT2D eigenvalue weighted by Gasteiger charge is -2.10. The van der Waals surface area contributed by atoms with Crippen molar-refractivity contribution in [3.63, 3.8) is 0 Å². The molecule has 0 aliphatic rings. The van der Waals surface area contributed by atoms with Crippen LogP contribution in [0.2, 0.25) is 0 Å². The zero-order valence-corrected chi connectivity index (χ0v) is 11.0. The highest BCUT2D eigenvalue weighted by atomic mass is 16.1. The van der Waals surface area contributed by atoms with Crippen molar-refractivity contribution in [2.45, 2.75) is 19.3 Å². The van der Waals surface area contributed by atoms with E-state index < -0.39 is 0 Å². The van der Waals surface area contributed by atoms with Gasteiger partial charge in [-0.05, 0) is 31.0 Å². The van der Waals surface area contributed by atoms with Crippen molar-refractivity contribution in [2.24, 2.45) is 5.73 Å².